The Kier molecular flexibility index (Phi) is 6.18. The molecule has 0 saturated heterocycles. The van der Waals surface area contributed by atoms with Crippen molar-refractivity contribution >= 4 is 29.1 Å². The molecule has 1 aromatic carbocycles. The van der Waals surface area contributed by atoms with Gasteiger partial charge in [0.1, 0.15) is 5.75 Å². The van der Waals surface area contributed by atoms with Crippen molar-refractivity contribution in [1.82, 2.24) is 15.3 Å². The standard InChI is InChI=1S/C20H17ClN4O3/c1-13-3-2-4-15(24-13)12-23-19(26)20(27)25-16-7-10-18(22-11-16)28-17-8-5-14(21)6-9-17/h2-11H,12H2,1H3,(H,23,26)(H,25,27). The van der Waals surface area contributed by atoms with Crippen LogP contribution in [0.1, 0.15) is 11.4 Å². The molecule has 2 N–H and O–H groups in total. The highest BCUT2D eigenvalue weighted by Gasteiger charge is 2.14. The molecule has 0 saturated carbocycles. The van der Waals surface area contributed by atoms with Crippen molar-refractivity contribution < 1.29 is 14.3 Å². The van der Waals surface area contributed by atoms with E-state index >= 15 is 0 Å². The number of halogens is 1. The van der Waals surface area contributed by atoms with Crippen molar-refractivity contribution in [3.63, 3.8) is 0 Å². The van der Waals surface area contributed by atoms with E-state index in [-0.39, 0.29) is 6.54 Å². The first-order chi connectivity index (χ1) is 13.5. The number of benzene rings is 1. The van der Waals surface area contributed by atoms with Crippen LogP contribution in [-0.2, 0) is 16.1 Å². The molecule has 0 unspecified atom stereocenters. The van der Waals surface area contributed by atoms with Crippen molar-refractivity contribution in [1.29, 1.82) is 0 Å². The molecule has 0 spiro atoms. The molecule has 2 amide bonds. The van der Waals surface area contributed by atoms with E-state index in [1.165, 1.54) is 6.20 Å². The van der Waals surface area contributed by atoms with Crippen LogP contribution in [0.3, 0.4) is 0 Å². The van der Waals surface area contributed by atoms with Gasteiger partial charge in [-0.3, -0.25) is 14.6 Å². The minimum absolute atomic E-state index is 0.167. The van der Waals surface area contributed by atoms with Gasteiger partial charge in [-0.1, -0.05) is 17.7 Å². The first kappa shape index (κ1) is 19.3. The van der Waals surface area contributed by atoms with Crippen LogP contribution in [0.2, 0.25) is 5.02 Å². The van der Waals surface area contributed by atoms with Gasteiger partial charge in [0, 0.05) is 16.8 Å². The fourth-order valence-electron chi connectivity index (χ4n) is 2.27. The summed E-state index contributed by atoms with van der Waals surface area (Å²) >= 11 is 5.83. The molecule has 0 fully saturated rings. The van der Waals surface area contributed by atoms with Gasteiger partial charge in [0.25, 0.3) is 0 Å². The number of ether oxygens (including phenoxy) is 1. The van der Waals surface area contributed by atoms with Crippen molar-refractivity contribution in [3.8, 4) is 11.6 Å². The molecular formula is C20H17ClN4O3. The Morgan fingerprint density at radius 1 is 1.04 bits per heavy atom. The lowest BCUT2D eigenvalue weighted by Crippen LogP contribution is -2.35. The van der Waals surface area contributed by atoms with Gasteiger partial charge >= 0.3 is 11.8 Å². The summed E-state index contributed by atoms with van der Waals surface area (Å²) in [4.78, 5) is 32.3. The monoisotopic (exact) mass is 396 g/mol. The van der Waals surface area contributed by atoms with E-state index in [1.54, 1.807) is 42.5 Å². The highest BCUT2D eigenvalue weighted by molar-refractivity contribution is 6.39. The number of pyridine rings is 2. The minimum atomic E-state index is -0.791. The Labute approximate surface area is 166 Å². The second kappa shape index (κ2) is 8.96. The normalized spacial score (nSPS) is 10.2. The molecule has 0 aliphatic rings. The third kappa shape index (κ3) is 5.52. The number of aryl methyl sites for hydroxylation is 1. The van der Waals surface area contributed by atoms with E-state index < -0.39 is 11.8 Å². The number of hydrogen-bond donors (Lipinski definition) is 2. The van der Waals surface area contributed by atoms with Crippen LogP contribution in [0.25, 0.3) is 0 Å². The smallest absolute Gasteiger partial charge is 0.313 e. The Balaban J connectivity index is 1.52. The largest absolute Gasteiger partial charge is 0.439 e. The number of anilines is 1. The van der Waals surface area contributed by atoms with Crippen LogP contribution in [0.4, 0.5) is 5.69 Å². The average molecular weight is 397 g/mol. The fraction of sp³-hybridized carbons (Fsp3) is 0.100. The molecule has 0 aliphatic carbocycles. The van der Waals surface area contributed by atoms with Gasteiger partial charge in [0.15, 0.2) is 0 Å². The first-order valence-corrected chi connectivity index (χ1v) is 8.78. The minimum Gasteiger partial charge on any atom is -0.439 e. The summed E-state index contributed by atoms with van der Waals surface area (Å²) in [6.07, 6.45) is 1.40. The quantitative estimate of drug-likeness (QED) is 0.644. The number of nitrogens with one attached hydrogen (secondary N) is 2. The zero-order chi connectivity index (χ0) is 19.9. The molecular weight excluding hydrogens is 380 g/mol. The number of amides is 2. The number of nitrogens with zero attached hydrogens (tertiary/aromatic N) is 2. The Morgan fingerprint density at radius 3 is 2.50 bits per heavy atom. The van der Waals surface area contributed by atoms with Crippen LogP contribution in [0.5, 0.6) is 11.6 Å². The number of hydrogen-bond acceptors (Lipinski definition) is 5. The third-order valence-electron chi connectivity index (χ3n) is 3.61. The molecule has 0 bridgehead atoms. The zero-order valence-corrected chi connectivity index (χ0v) is 15.7. The van der Waals surface area contributed by atoms with Crippen molar-refractivity contribution in [2.75, 3.05) is 5.32 Å². The summed E-state index contributed by atoms with van der Waals surface area (Å²) in [6, 6.07) is 15.5. The van der Waals surface area contributed by atoms with E-state index in [2.05, 4.69) is 20.6 Å². The maximum absolute atomic E-state index is 12.0. The fourth-order valence-corrected chi connectivity index (χ4v) is 2.40. The lowest BCUT2D eigenvalue weighted by atomic mass is 10.3. The lowest BCUT2D eigenvalue weighted by molar-refractivity contribution is -0.136. The molecule has 2 aromatic heterocycles. The van der Waals surface area contributed by atoms with Crippen molar-refractivity contribution in [2.24, 2.45) is 0 Å². The van der Waals surface area contributed by atoms with E-state index in [0.29, 0.717) is 28.0 Å². The van der Waals surface area contributed by atoms with Crippen LogP contribution in [0.15, 0.2) is 60.8 Å². The molecule has 0 atom stereocenters. The summed E-state index contributed by atoms with van der Waals surface area (Å²) < 4.78 is 5.57. The maximum atomic E-state index is 12.0. The van der Waals surface area contributed by atoms with Gasteiger partial charge in [-0.15, -0.1) is 0 Å². The van der Waals surface area contributed by atoms with Gasteiger partial charge in [-0.2, -0.15) is 0 Å². The van der Waals surface area contributed by atoms with Crippen LogP contribution in [-0.4, -0.2) is 21.8 Å². The number of carbonyl (C=O) groups excluding carboxylic acids is 2. The van der Waals surface area contributed by atoms with Gasteiger partial charge < -0.3 is 15.4 Å². The summed E-state index contributed by atoms with van der Waals surface area (Å²) in [7, 11) is 0. The molecule has 142 valence electrons. The summed E-state index contributed by atoms with van der Waals surface area (Å²) in [5.74, 6) is -0.626. The van der Waals surface area contributed by atoms with Crippen LogP contribution < -0.4 is 15.4 Å². The molecule has 2 heterocycles. The van der Waals surface area contributed by atoms with Crippen molar-refractivity contribution in [3.05, 3.63) is 77.2 Å². The second-order valence-corrected chi connectivity index (χ2v) is 6.28. The summed E-state index contributed by atoms with van der Waals surface area (Å²) in [5.41, 5.74) is 1.88. The van der Waals surface area contributed by atoms with Gasteiger partial charge in [-0.25, -0.2) is 4.98 Å². The SMILES string of the molecule is Cc1cccc(CNC(=O)C(=O)Nc2ccc(Oc3ccc(Cl)cc3)nc2)n1. The van der Waals surface area contributed by atoms with E-state index in [4.69, 9.17) is 16.3 Å². The molecule has 0 aliphatic heterocycles. The van der Waals surface area contributed by atoms with Gasteiger partial charge in [0.2, 0.25) is 5.88 Å². The maximum Gasteiger partial charge on any atom is 0.313 e. The van der Waals surface area contributed by atoms with E-state index in [9.17, 15) is 9.59 Å². The summed E-state index contributed by atoms with van der Waals surface area (Å²) in [6.45, 7) is 2.02. The first-order valence-electron chi connectivity index (χ1n) is 8.41. The van der Waals surface area contributed by atoms with E-state index in [0.717, 1.165) is 5.69 Å². The molecule has 0 radical (unpaired) electrons. The predicted molar refractivity (Wildman–Crippen MR) is 105 cm³/mol. The Morgan fingerprint density at radius 2 is 1.82 bits per heavy atom. The van der Waals surface area contributed by atoms with Gasteiger partial charge in [-0.05, 0) is 49.4 Å². The van der Waals surface area contributed by atoms with Crippen LogP contribution >= 0.6 is 11.6 Å². The molecule has 28 heavy (non-hydrogen) atoms. The zero-order valence-electron chi connectivity index (χ0n) is 15.0. The number of aromatic nitrogens is 2. The summed E-state index contributed by atoms with van der Waals surface area (Å²) in [5, 5.41) is 5.61. The lowest BCUT2D eigenvalue weighted by Gasteiger charge is -2.08. The van der Waals surface area contributed by atoms with Crippen LogP contribution in [0, 0.1) is 6.92 Å². The van der Waals surface area contributed by atoms with Gasteiger partial charge in [0.05, 0.1) is 24.1 Å². The predicted octanol–water partition coefficient (Wildman–Crippen LogP) is 3.49. The second-order valence-electron chi connectivity index (χ2n) is 5.85. The van der Waals surface area contributed by atoms with Crippen molar-refractivity contribution in [2.45, 2.75) is 13.5 Å². The average Bonchev–Trinajstić information content (AvgIpc) is 2.69. The third-order valence-corrected chi connectivity index (χ3v) is 3.86. The molecule has 7 nitrogen and oxygen atoms in total. The Bertz CT molecular complexity index is 976. The highest BCUT2D eigenvalue weighted by atomic mass is 35.5. The molecule has 8 heteroatoms. The molecule has 3 aromatic rings. The number of carbonyl (C=O) groups is 2. The molecule has 3 rings (SSSR count). The Hall–Kier alpha value is -3.45. The van der Waals surface area contributed by atoms with E-state index in [1.807, 2.05) is 19.1 Å². The number of rotatable bonds is 5. The highest BCUT2D eigenvalue weighted by Crippen LogP contribution is 2.22. The topological polar surface area (TPSA) is 93.2 Å².